The molecule has 12 heavy (non-hydrogen) atoms. The van der Waals surface area contributed by atoms with Crippen LogP contribution in [0.15, 0.2) is 24.3 Å². The van der Waals surface area contributed by atoms with Crippen molar-refractivity contribution in [2.45, 2.75) is 12.0 Å². The first-order valence-corrected chi connectivity index (χ1v) is 3.24. The van der Waals surface area contributed by atoms with Gasteiger partial charge in [-0.2, -0.15) is 13.2 Å². The summed E-state index contributed by atoms with van der Waals surface area (Å²) in [6.45, 7) is 0. The second-order valence-corrected chi connectivity index (χ2v) is 2.59. The molecule has 1 rings (SSSR count). The monoisotopic (exact) mass is 181 g/mol. The van der Waals surface area contributed by atoms with E-state index in [1.807, 2.05) is 0 Å². The van der Waals surface area contributed by atoms with Gasteiger partial charge in [-0.3, -0.25) is 5.73 Å². The molecule has 0 saturated carbocycles. The van der Waals surface area contributed by atoms with Crippen molar-refractivity contribution in [2.24, 2.45) is 11.7 Å². The third kappa shape index (κ3) is 1.66. The molecule has 5 heteroatoms. The highest BCUT2D eigenvalue weighted by Crippen LogP contribution is 2.37. The second kappa shape index (κ2) is 2.58. The predicted octanol–water partition coefficient (Wildman–Crippen LogP) is 1.92. The molecule has 0 bridgehead atoms. The number of rotatable bonds is 0. The zero-order valence-corrected chi connectivity index (χ0v) is 5.98. The van der Waals surface area contributed by atoms with Crippen LogP contribution in [-0.4, -0.2) is 12.0 Å². The lowest BCUT2D eigenvalue weighted by Crippen LogP contribution is -2.47. The number of hydrogen-bond acceptors (Lipinski definition) is 1. The molecule has 0 spiro atoms. The van der Waals surface area contributed by atoms with Crippen LogP contribution in [0.25, 0.3) is 0 Å². The van der Waals surface area contributed by atoms with E-state index in [1.165, 1.54) is 0 Å². The van der Waals surface area contributed by atoms with E-state index in [2.05, 4.69) is 0 Å². The van der Waals surface area contributed by atoms with Crippen LogP contribution in [0.5, 0.6) is 0 Å². The SMILES string of the molecule is NC1(F)C=CC=CC1C(F)(F)F. The van der Waals surface area contributed by atoms with E-state index >= 15 is 0 Å². The zero-order chi connectivity index (χ0) is 9.41. The van der Waals surface area contributed by atoms with Crippen molar-refractivity contribution in [1.29, 1.82) is 0 Å². The second-order valence-electron chi connectivity index (χ2n) is 2.59. The van der Waals surface area contributed by atoms with E-state index in [0.29, 0.717) is 12.2 Å². The topological polar surface area (TPSA) is 26.0 Å². The van der Waals surface area contributed by atoms with E-state index in [9.17, 15) is 17.6 Å². The van der Waals surface area contributed by atoms with Crippen molar-refractivity contribution in [3.8, 4) is 0 Å². The van der Waals surface area contributed by atoms with Gasteiger partial charge in [-0.1, -0.05) is 18.2 Å². The average Bonchev–Trinajstić information content (AvgIpc) is 1.83. The van der Waals surface area contributed by atoms with Gasteiger partial charge in [-0.25, -0.2) is 4.39 Å². The largest absolute Gasteiger partial charge is 0.399 e. The molecule has 0 aromatic rings. The molecule has 0 amide bonds. The molecule has 1 nitrogen and oxygen atoms in total. The lowest BCUT2D eigenvalue weighted by Gasteiger charge is -2.28. The van der Waals surface area contributed by atoms with Gasteiger partial charge in [0.25, 0.3) is 0 Å². The maximum Gasteiger partial charge on any atom is 0.399 e. The Morgan fingerprint density at radius 1 is 1.25 bits per heavy atom. The molecular formula is C7H7F4N. The minimum Gasteiger partial charge on any atom is -0.295 e. The van der Waals surface area contributed by atoms with Crippen LogP contribution in [0.2, 0.25) is 0 Å². The third-order valence-corrected chi connectivity index (χ3v) is 1.60. The molecule has 0 saturated heterocycles. The Bertz CT molecular complexity index is 226. The molecule has 0 fully saturated rings. The Morgan fingerprint density at radius 3 is 2.17 bits per heavy atom. The van der Waals surface area contributed by atoms with Crippen LogP contribution in [-0.2, 0) is 0 Å². The van der Waals surface area contributed by atoms with Crippen molar-refractivity contribution < 1.29 is 17.6 Å². The molecule has 0 aromatic carbocycles. The van der Waals surface area contributed by atoms with Gasteiger partial charge >= 0.3 is 6.18 Å². The van der Waals surface area contributed by atoms with Gasteiger partial charge in [0.15, 0.2) is 5.79 Å². The summed E-state index contributed by atoms with van der Waals surface area (Å²) in [5.74, 6) is -5.05. The molecule has 2 N–H and O–H groups in total. The van der Waals surface area contributed by atoms with Crippen molar-refractivity contribution >= 4 is 0 Å². The molecule has 2 unspecified atom stereocenters. The third-order valence-electron chi connectivity index (χ3n) is 1.60. The van der Waals surface area contributed by atoms with Crippen LogP contribution < -0.4 is 5.73 Å². The first-order valence-electron chi connectivity index (χ1n) is 3.24. The van der Waals surface area contributed by atoms with Gasteiger partial charge in [-0.05, 0) is 6.08 Å². The Kier molecular flexibility index (Phi) is 1.99. The summed E-state index contributed by atoms with van der Waals surface area (Å²) in [4.78, 5) is 0. The first-order chi connectivity index (χ1) is 5.34. The van der Waals surface area contributed by atoms with Gasteiger partial charge in [0.2, 0.25) is 0 Å². The number of halogens is 4. The first kappa shape index (κ1) is 9.25. The Labute approximate surface area is 66.5 Å². The van der Waals surface area contributed by atoms with Crippen molar-refractivity contribution in [1.82, 2.24) is 0 Å². The van der Waals surface area contributed by atoms with E-state index in [1.54, 1.807) is 0 Å². The Morgan fingerprint density at radius 2 is 1.83 bits per heavy atom. The van der Waals surface area contributed by atoms with Crippen molar-refractivity contribution in [3.63, 3.8) is 0 Å². The highest BCUT2D eigenvalue weighted by Gasteiger charge is 2.50. The van der Waals surface area contributed by atoms with Crippen molar-refractivity contribution in [3.05, 3.63) is 24.3 Å². The normalized spacial score (nSPS) is 35.6. The van der Waals surface area contributed by atoms with E-state index in [-0.39, 0.29) is 0 Å². The molecule has 2 atom stereocenters. The van der Waals surface area contributed by atoms with Gasteiger partial charge < -0.3 is 0 Å². The molecule has 0 heterocycles. The fraction of sp³-hybridized carbons (Fsp3) is 0.429. The Balaban J connectivity index is 2.92. The van der Waals surface area contributed by atoms with Crippen LogP contribution in [0, 0.1) is 5.92 Å². The molecule has 0 aromatic heterocycles. The molecular weight excluding hydrogens is 174 g/mol. The fourth-order valence-electron chi connectivity index (χ4n) is 0.989. The van der Waals surface area contributed by atoms with E-state index in [4.69, 9.17) is 5.73 Å². The van der Waals surface area contributed by atoms with Crippen LogP contribution in [0.3, 0.4) is 0 Å². The summed E-state index contributed by atoms with van der Waals surface area (Å²) in [5, 5.41) is 0. The summed E-state index contributed by atoms with van der Waals surface area (Å²) >= 11 is 0. The zero-order valence-electron chi connectivity index (χ0n) is 5.98. The summed E-state index contributed by atoms with van der Waals surface area (Å²) < 4.78 is 49.0. The lowest BCUT2D eigenvalue weighted by atomic mass is 9.93. The van der Waals surface area contributed by atoms with Gasteiger partial charge in [0.1, 0.15) is 5.92 Å². The predicted molar refractivity (Wildman–Crippen MR) is 35.9 cm³/mol. The van der Waals surface area contributed by atoms with Gasteiger partial charge in [0, 0.05) is 0 Å². The summed E-state index contributed by atoms with van der Waals surface area (Å²) in [6, 6.07) is 0. The molecule has 1 aliphatic rings. The quantitative estimate of drug-likeness (QED) is 0.448. The highest BCUT2D eigenvalue weighted by molar-refractivity contribution is 5.21. The lowest BCUT2D eigenvalue weighted by molar-refractivity contribution is -0.186. The number of alkyl halides is 4. The maximum absolute atomic E-state index is 13.0. The number of nitrogens with two attached hydrogens (primary N) is 1. The van der Waals surface area contributed by atoms with Gasteiger partial charge in [0.05, 0.1) is 0 Å². The fourth-order valence-corrected chi connectivity index (χ4v) is 0.989. The minimum absolute atomic E-state index is 0.700. The smallest absolute Gasteiger partial charge is 0.295 e. The molecule has 68 valence electrons. The van der Waals surface area contributed by atoms with Crippen LogP contribution >= 0.6 is 0 Å². The van der Waals surface area contributed by atoms with Crippen molar-refractivity contribution in [2.75, 3.05) is 0 Å². The number of allylic oxidation sites excluding steroid dienone is 2. The van der Waals surface area contributed by atoms with E-state index < -0.39 is 17.9 Å². The highest BCUT2D eigenvalue weighted by atomic mass is 19.4. The molecule has 0 radical (unpaired) electrons. The maximum atomic E-state index is 13.0. The van der Waals surface area contributed by atoms with Crippen LogP contribution in [0.1, 0.15) is 0 Å². The van der Waals surface area contributed by atoms with Crippen LogP contribution in [0.4, 0.5) is 17.6 Å². The summed E-state index contributed by atoms with van der Waals surface area (Å²) in [5.41, 5.74) is 4.78. The average molecular weight is 181 g/mol. The molecule has 0 aliphatic heterocycles. The Hall–Kier alpha value is -0.840. The molecule has 1 aliphatic carbocycles. The van der Waals surface area contributed by atoms with Gasteiger partial charge in [-0.15, -0.1) is 0 Å². The van der Waals surface area contributed by atoms with E-state index in [0.717, 1.165) is 12.2 Å². The number of hydrogen-bond donors (Lipinski definition) is 1. The summed E-state index contributed by atoms with van der Waals surface area (Å²) in [7, 11) is 0. The minimum atomic E-state index is -4.63. The standard InChI is InChI=1S/C7H7F4N/c8-6(12)4-2-1-3-5(6)7(9,10)11/h1-5H,12H2. The summed E-state index contributed by atoms with van der Waals surface area (Å²) in [6.07, 6.45) is -0.943.